The SMILES string of the molecule is NCCCCNc1cccc(C2CCC(=O)NC2=O)c1. The molecule has 5 heteroatoms. The maximum Gasteiger partial charge on any atom is 0.234 e. The fourth-order valence-corrected chi connectivity index (χ4v) is 2.38. The van der Waals surface area contributed by atoms with Gasteiger partial charge in [-0.25, -0.2) is 0 Å². The summed E-state index contributed by atoms with van der Waals surface area (Å²) in [6.07, 6.45) is 3.02. The standard InChI is InChI=1S/C15H21N3O2/c16-8-1-2-9-17-12-5-3-4-11(10-12)13-6-7-14(19)18-15(13)20/h3-5,10,13,17H,1-2,6-9,16H2,(H,18,19,20). The van der Waals surface area contributed by atoms with Gasteiger partial charge in [0, 0.05) is 18.7 Å². The lowest BCUT2D eigenvalue weighted by Crippen LogP contribution is -2.39. The molecule has 1 unspecified atom stereocenters. The Morgan fingerprint density at radius 2 is 2.15 bits per heavy atom. The van der Waals surface area contributed by atoms with E-state index in [0.717, 1.165) is 30.6 Å². The van der Waals surface area contributed by atoms with Gasteiger partial charge in [-0.15, -0.1) is 0 Å². The van der Waals surface area contributed by atoms with Gasteiger partial charge in [0.2, 0.25) is 11.8 Å². The molecule has 108 valence electrons. The van der Waals surface area contributed by atoms with E-state index in [4.69, 9.17) is 5.73 Å². The molecule has 1 aliphatic heterocycles. The number of anilines is 1. The van der Waals surface area contributed by atoms with Gasteiger partial charge in [-0.1, -0.05) is 12.1 Å². The summed E-state index contributed by atoms with van der Waals surface area (Å²) >= 11 is 0. The first-order valence-corrected chi connectivity index (χ1v) is 7.08. The summed E-state index contributed by atoms with van der Waals surface area (Å²) in [5, 5.41) is 5.72. The van der Waals surface area contributed by atoms with Gasteiger partial charge >= 0.3 is 0 Å². The van der Waals surface area contributed by atoms with Crippen LogP contribution in [0.15, 0.2) is 24.3 Å². The van der Waals surface area contributed by atoms with Crippen LogP contribution in [0.2, 0.25) is 0 Å². The number of imide groups is 1. The third kappa shape index (κ3) is 3.81. The summed E-state index contributed by atoms with van der Waals surface area (Å²) in [6.45, 7) is 1.58. The van der Waals surface area contributed by atoms with E-state index < -0.39 is 0 Å². The van der Waals surface area contributed by atoms with Gasteiger partial charge in [-0.3, -0.25) is 14.9 Å². The highest BCUT2D eigenvalue weighted by Crippen LogP contribution is 2.26. The number of amides is 2. The van der Waals surface area contributed by atoms with E-state index in [2.05, 4.69) is 10.6 Å². The maximum atomic E-state index is 11.8. The predicted octanol–water partition coefficient (Wildman–Crippen LogP) is 1.36. The van der Waals surface area contributed by atoms with E-state index in [-0.39, 0.29) is 17.7 Å². The number of carbonyl (C=O) groups excluding carboxylic acids is 2. The fraction of sp³-hybridized carbons (Fsp3) is 0.467. The van der Waals surface area contributed by atoms with Crippen LogP contribution in [0.4, 0.5) is 5.69 Å². The van der Waals surface area contributed by atoms with Crippen molar-refractivity contribution < 1.29 is 9.59 Å². The van der Waals surface area contributed by atoms with Crippen LogP contribution >= 0.6 is 0 Å². The number of piperidine rings is 1. The molecular formula is C15H21N3O2. The first kappa shape index (κ1) is 14.5. The minimum atomic E-state index is -0.224. The Morgan fingerprint density at radius 3 is 2.90 bits per heavy atom. The van der Waals surface area contributed by atoms with Crippen molar-refractivity contribution in [3.63, 3.8) is 0 Å². The number of nitrogens with one attached hydrogen (secondary N) is 2. The highest BCUT2D eigenvalue weighted by molar-refractivity contribution is 6.01. The van der Waals surface area contributed by atoms with Gasteiger partial charge in [0.1, 0.15) is 0 Å². The number of hydrogen-bond acceptors (Lipinski definition) is 4. The van der Waals surface area contributed by atoms with Crippen molar-refractivity contribution in [2.24, 2.45) is 5.73 Å². The Kier molecular flexibility index (Phi) is 5.12. The third-order valence-corrected chi connectivity index (χ3v) is 3.49. The van der Waals surface area contributed by atoms with Crippen LogP contribution in [0.25, 0.3) is 0 Å². The summed E-state index contributed by atoms with van der Waals surface area (Å²) in [6, 6.07) is 7.84. The van der Waals surface area contributed by atoms with Gasteiger partial charge in [0.25, 0.3) is 0 Å². The molecule has 0 aliphatic carbocycles. The van der Waals surface area contributed by atoms with Crippen LogP contribution < -0.4 is 16.4 Å². The van der Waals surface area contributed by atoms with Gasteiger partial charge in [-0.05, 0) is 43.5 Å². The molecule has 4 N–H and O–H groups in total. The van der Waals surface area contributed by atoms with Crippen LogP contribution in [-0.2, 0) is 9.59 Å². The summed E-state index contributed by atoms with van der Waals surface area (Å²) in [5.41, 5.74) is 7.42. The van der Waals surface area contributed by atoms with E-state index in [1.165, 1.54) is 0 Å². The normalized spacial score (nSPS) is 18.8. The zero-order valence-electron chi connectivity index (χ0n) is 11.5. The predicted molar refractivity (Wildman–Crippen MR) is 78.3 cm³/mol. The Hall–Kier alpha value is -1.88. The second-order valence-electron chi connectivity index (χ2n) is 5.05. The number of benzene rings is 1. The van der Waals surface area contributed by atoms with E-state index in [9.17, 15) is 9.59 Å². The third-order valence-electron chi connectivity index (χ3n) is 3.49. The molecule has 0 saturated carbocycles. The molecule has 1 heterocycles. The summed E-state index contributed by atoms with van der Waals surface area (Å²) in [4.78, 5) is 23.0. The first-order chi connectivity index (χ1) is 9.70. The van der Waals surface area contributed by atoms with Gasteiger partial charge < -0.3 is 11.1 Å². The van der Waals surface area contributed by atoms with Crippen LogP contribution in [0.3, 0.4) is 0 Å². The van der Waals surface area contributed by atoms with Crippen molar-refractivity contribution in [1.29, 1.82) is 0 Å². The van der Waals surface area contributed by atoms with Crippen LogP contribution in [-0.4, -0.2) is 24.9 Å². The monoisotopic (exact) mass is 275 g/mol. The molecule has 1 saturated heterocycles. The molecule has 0 aromatic heterocycles. The average molecular weight is 275 g/mol. The Bertz CT molecular complexity index is 488. The van der Waals surface area contributed by atoms with E-state index >= 15 is 0 Å². The van der Waals surface area contributed by atoms with Crippen LogP contribution in [0.1, 0.15) is 37.2 Å². The van der Waals surface area contributed by atoms with Gasteiger partial charge in [0.05, 0.1) is 5.92 Å². The molecule has 0 bridgehead atoms. The molecule has 0 spiro atoms. The van der Waals surface area contributed by atoms with E-state index in [1.807, 2.05) is 24.3 Å². The lowest BCUT2D eigenvalue weighted by Gasteiger charge is -2.21. The van der Waals surface area contributed by atoms with Crippen molar-refractivity contribution in [2.75, 3.05) is 18.4 Å². The quantitative estimate of drug-likeness (QED) is 0.540. The lowest BCUT2D eigenvalue weighted by atomic mass is 9.90. The highest BCUT2D eigenvalue weighted by Gasteiger charge is 2.27. The Morgan fingerprint density at radius 1 is 1.30 bits per heavy atom. The number of hydrogen-bond donors (Lipinski definition) is 3. The number of nitrogens with two attached hydrogens (primary N) is 1. The Balaban J connectivity index is 1.98. The molecule has 2 rings (SSSR count). The zero-order valence-corrected chi connectivity index (χ0v) is 11.5. The molecule has 1 aromatic rings. The minimum Gasteiger partial charge on any atom is -0.385 e. The molecule has 1 atom stereocenters. The zero-order chi connectivity index (χ0) is 14.4. The molecule has 1 aromatic carbocycles. The maximum absolute atomic E-state index is 11.8. The summed E-state index contributed by atoms with van der Waals surface area (Å²) in [5.74, 6) is -0.595. The largest absolute Gasteiger partial charge is 0.385 e. The van der Waals surface area contributed by atoms with Crippen LogP contribution in [0, 0.1) is 0 Å². The average Bonchev–Trinajstić information content (AvgIpc) is 2.44. The molecule has 1 aliphatic rings. The van der Waals surface area contributed by atoms with Crippen molar-refractivity contribution >= 4 is 17.5 Å². The van der Waals surface area contributed by atoms with Gasteiger partial charge in [-0.2, -0.15) is 0 Å². The second-order valence-corrected chi connectivity index (χ2v) is 5.05. The molecule has 20 heavy (non-hydrogen) atoms. The summed E-state index contributed by atoms with van der Waals surface area (Å²) < 4.78 is 0. The number of rotatable bonds is 6. The highest BCUT2D eigenvalue weighted by atomic mass is 16.2. The van der Waals surface area contributed by atoms with Crippen molar-refractivity contribution in [1.82, 2.24) is 5.32 Å². The van der Waals surface area contributed by atoms with Crippen molar-refractivity contribution in [3.8, 4) is 0 Å². The molecule has 2 amide bonds. The molecule has 1 fully saturated rings. The molecule has 0 radical (unpaired) electrons. The van der Waals surface area contributed by atoms with E-state index in [1.54, 1.807) is 0 Å². The molecule has 5 nitrogen and oxygen atoms in total. The number of carbonyl (C=O) groups is 2. The lowest BCUT2D eigenvalue weighted by molar-refractivity contribution is -0.134. The molecular weight excluding hydrogens is 254 g/mol. The van der Waals surface area contributed by atoms with Crippen molar-refractivity contribution in [3.05, 3.63) is 29.8 Å². The Labute approximate surface area is 118 Å². The summed E-state index contributed by atoms with van der Waals surface area (Å²) in [7, 11) is 0. The van der Waals surface area contributed by atoms with Crippen LogP contribution in [0.5, 0.6) is 0 Å². The topological polar surface area (TPSA) is 84.2 Å². The van der Waals surface area contributed by atoms with Gasteiger partial charge in [0.15, 0.2) is 0 Å². The first-order valence-electron chi connectivity index (χ1n) is 7.08. The van der Waals surface area contributed by atoms with E-state index in [0.29, 0.717) is 19.4 Å². The number of unbranched alkanes of at least 4 members (excludes halogenated alkanes) is 1. The fourth-order valence-electron chi connectivity index (χ4n) is 2.38. The minimum absolute atomic E-state index is 0.178. The smallest absolute Gasteiger partial charge is 0.234 e. The second kappa shape index (κ2) is 7.05. The van der Waals surface area contributed by atoms with Crippen molar-refractivity contribution in [2.45, 2.75) is 31.6 Å².